The van der Waals surface area contributed by atoms with E-state index in [4.69, 9.17) is 16.3 Å². The number of unbranched alkanes of at least 4 members (excludes halogenated alkanes) is 1. The van der Waals surface area contributed by atoms with Gasteiger partial charge in [0.05, 0.1) is 24.5 Å². The van der Waals surface area contributed by atoms with Crippen LogP contribution < -0.4 is 0 Å². The molecule has 1 amide bonds. The number of rotatable bonds is 6. The van der Waals surface area contributed by atoms with Crippen molar-refractivity contribution < 1.29 is 18.3 Å². The van der Waals surface area contributed by atoms with E-state index in [0.29, 0.717) is 46.5 Å². The minimum atomic E-state index is -2.72. The number of halogens is 3. The van der Waals surface area contributed by atoms with Crippen LogP contribution in [0.5, 0.6) is 0 Å². The first-order valence-corrected chi connectivity index (χ1v) is 8.98. The zero-order chi connectivity index (χ0) is 19.4. The number of nitrogens with zero attached hydrogens (tertiary/aromatic N) is 4. The zero-order valence-electron chi connectivity index (χ0n) is 14.7. The number of pyridine rings is 1. The molecule has 0 atom stereocenters. The van der Waals surface area contributed by atoms with E-state index in [1.54, 1.807) is 17.0 Å². The summed E-state index contributed by atoms with van der Waals surface area (Å²) in [5.74, 6) is 0. The van der Waals surface area contributed by atoms with Gasteiger partial charge in [0.15, 0.2) is 0 Å². The second-order valence-corrected chi connectivity index (χ2v) is 6.53. The second-order valence-electron chi connectivity index (χ2n) is 6.09. The Labute approximate surface area is 160 Å². The largest absolute Gasteiger partial charge is 0.449 e. The maximum absolute atomic E-state index is 12.7. The molecule has 0 aliphatic carbocycles. The van der Waals surface area contributed by atoms with Gasteiger partial charge in [-0.15, -0.1) is 0 Å². The third kappa shape index (κ3) is 4.63. The van der Waals surface area contributed by atoms with Crippen molar-refractivity contribution >= 4 is 23.3 Å². The van der Waals surface area contributed by atoms with Crippen LogP contribution in [0.2, 0.25) is 5.02 Å². The number of ether oxygens (including phenoxy) is 1. The molecule has 2 aromatic rings. The first-order chi connectivity index (χ1) is 13.0. The molecule has 0 radical (unpaired) electrons. The highest BCUT2D eigenvalue weighted by molar-refractivity contribution is 6.31. The molecule has 0 N–H and O–H groups in total. The molecule has 3 rings (SSSR count). The molecule has 1 aliphatic rings. The highest BCUT2D eigenvalue weighted by Gasteiger charge is 2.23. The summed E-state index contributed by atoms with van der Waals surface area (Å²) >= 11 is 6.18. The molecule has 0 saturated carbocycles. The van der Waals surface area contributed by atoms with Gasteiger partial charge in [-0.3, -0.25) is 0 Å². The second kappa shape index (κ2) is 8.47. The van der Waals surface area contributed by atoms with Gasteiger partial charge >= 0.3 is 12.6 Å². The van der Waals surface area contributed by atoms with Gasteiger partial charge in [-0.05, 0) is 30.2 Å². The first-order valence-electron chi connectivity index (χ1n) is 8.60. The summed E-state index contributed by atoms with van der Waals surface area (Å²) in [6.07, 6.45) is 4.47. The van der Waals surface area contributed by atoms with Crippen molar-refractivity contribution in [3.63, 3.8) is 0 Å². The summed E-state index contributed by atoms with van der Waals surface area (Å²) in [7, 11) is 0. The molecule has 3 heterocycles. The van der Waals surface area contributed by atoms with Gasteiger partial charge in [-0.2, -0.15) is 13.9 Å². The fraction of sp³-hybridized carbons (Fsp3) is 0.389. The van der Waals surface area contributed by atoms with Gasteiger partial charge in [0.2, 0.25) is 0 Å². The molecule has 0 unspecified atom stereocenters. The van der Waals surface area contributed by atoms with E-state index in [-0.39, 0.29) is 6.09 Å². The minimum Gasteiger partial charge on any atom is -0.449 e. The Morgan fingerprint density at radius 3 is 2.81 bits per heavy atom. The molecule has 6 nitrogen and oxygen atoms in total. The fourth-order valence-corrected chi connectivity index (χ4v) is 2.86. The molecular formula is C18H19ClF2N4O2. The van der Waals surface area contributed by atoms with Crippen molar-refractivity contribution in [3.05, 3.63) is 41.2 Å². The number of hydrogen-bond acceptors (Lipinski definition) is 4. The number of amides is 1. The molecule has 1 aliphatic heterocycles. The summed E-state index contributed by atoms with van der Waals surface area (Å²) in [4.78, 5) is 18.1. The van der Waals surface area contributed by atoms with E-state index >= 15 is 0 Å². The number of aromatic nitrogens is 3. The van der Waals surface area contributed by atoms with Crippen LogP contribution in [-0.4, -0.2) is 45.5 Å². The van der Waals surface area contributed by atoms with Crippen molar-refractivity contribution in [3.8, 4) is 11.4 Å². The van der Waals surface area contributed by atoms with E-state index in [1.807, 2.05) is 13.0 Å². The molecular weight excluding hydrogens is 378 g/mol. The number of alkyl halides is 2. The normalized spacial score (nSPS) is 14.0. The predicted molar refractivity (Wildman–Crippen MR) is 97.5 cm³/mol. The van der Waals surface area contributed by atoms with Crippen molar-refractivity contribution in [1.29, 1.82) is 0 Å². The molecule has 0 saturated heterocycles. The van der Waals surface area contributed by atoms with E-state index in [0.717, 1.165) is 18.4 Å². The summed E-state index contributed by atoms with van der Waals surface area (Å²) in [6, 6.07) is 4.69. The Kier molecular flexibility index (Phi) is 6.05. The van der Waals surface area contributed by atoms with Crippen LogP contribution in [0.25, 0.3) is 17.0 Å². The van der Waals surface area contributed by atoms with Gasteiger partial charge < -0.3 is 9.64 Å². The maximum atomic E-state index is 12.7. The lowest BCUT2D eigenvalue weighted by Crippen LogP contribution is -2.29. The average Bonchev–Trinajstić information content (AvgIpc) is 3.31. The van der Waals surface area contributed by atoms with Crippen LogP contribution in [0.4, 0.5) is 13.6 Å². The highest BCUT2D eigenvalue weighted by Crippen LogP contribution is 2.27. The first kappa shape index (κ1) is 19.3. The highest BCUT2D eigenvalue weighted by atomic mass is 35.5. The molecule has 144 valence electrons. The van der Waals surface area contributed by atoms with Gasteiger partial charge in [0.1, 0.15) is 5.69 Å². The van der Waals surface area contributed by atoms with Crippen molar-refractivity contribution in [2.75, 3.05) is 19.7 Å². The molecule has 0 spiro atoms. The lowest BCUT2D eigenvalue weighted by atomic mass is 10.1. The summed E-state index contributed by atoms with van der Waals surface area (Å²) in [6.45, 7) is 0.471. The smallest absolute Gasteiger partial charge is 0.410 e. The molecule has 0 bridgehead atoms. The van der Waals surface area contributed by atoms with Gasteiger partial charge in [-0.25, -0.2) is 14.5 Å². The molecule has 2 aromatic heterocycles. The van der Waals surface area contributed by atoms with Crippen molar-refractivity contribution in [2.24, 2.45) is 0 Å². The third-order valence-electron chi connectivity index (χ3n) is 4.09. The van der Waals surface area contributed by atoms with Crippen LogP contribution in [0.15, 0.2) is 30.5 Å². The molecule has 0 fully saturated rings. The quantitative estimate of drug-likeness (QED) is 0.668. The molecule has 0 aromatic carbocycles. The Hall–Kier alpha value is -2.48. The predicted octanol–water partition coefficient (Wildman–Crippen LogP) is 4.63. The third-order valence-corrected chi connectivity index (χ3v) is 4.31. The summed E-state index contributed by atoms with van der Waals surface area (Å²) in [5, 5.41) is 4.22. The van der Waals surface area contributed by atoms with Crippen LogP contribution >= 0.6 is 11.6 Å². The minimum absolute atomic E-state index is 0.300. The Bertz CT molecular complexity index is 854. The molecule has 9 heteroatoms. The topological polar surface area (TPSA) is 60.2 Å². The number of carbonyl (C=O) groups is 1. The standard InChI is InChI=1S/C18H19ClF2N4O2/c1-2-3-8-27-18(26)24-6-4-12(11-24)15-9-13(19)10-16(22-15)14-5-7-25(23-14)17(20)21/h4-5,7,9-10,17H,2-3,6,8,11H2,1H3. The Balaban J connectivity index is 1.74. The van der Waals surface area contributed by atoms with Crippen LogP contribution in [0, 0.1) is 0 Å². The van der Waals surface area contributed by atoms with E-state index in [1.165, 1.54) is 12.3 Å². The van der Waals surface area contributed by atoms with Gasteiger partial charge in [0, 0.05) is 17.8 Å². The van der Waals surface area contributed by atoms with Gasteiger partial charge in [0.25, 0.3) is 0 Å². The van der Waals surface area contributed by atoms with Crippen molar-refractivity contribution in [1.82, 2.24) is 19.7 Å². The maximum Gasteiger partial charge on any atom is 0.410 e. The van der Waals surface area contributed by atoms with Crippen molar-refractivity contribution in [2.45, 2.75) is 26.3 Å². The Morgan fingerprint density at radius 1 is 1.33 bits per heavy atom. The van der Waals surface area contributed by atoms with E-state index < -0.39 is 6.55 Å². The van der Waals surface area contributed by atoms with E-state index in [2.05, 4.69) is 10.1 Å². The fourth-order valence-electron chi connectivity index (χ4n) is 2.65. The summed E-state index contributed by atoms with van der Waals surface area (Å²) in [5.41, 5.74) is 2.09. The lowest BCUT2D eigenvalue weighted by molar-refractivity contribution is 0.0568. The lowest BCUT2D eigenvalue weighted by Gasteiger charge is -2.16. The number of carbonyl (C=O) groups excluding carboxylic acids is 1. The Morgan fingerprint density at radius 2 is 2.11 bits per heavy atom. The average molecular weight is 397 g/mol. The monoisotopic (exact) mass is 396 g/mol. The molecule has 27 heavy (non-hydrogen) atoms. The van der Waals surface area contributed by atoms with Crippen LogP contribution in [0.1, 0.15) is 32.0 Å². The zero-order valence-corrected chi connectivity index (χ0v) is 15.5. The van der Waals surface area contributed by atoms with Crippen LogP contribution in [0.3, 0.4) is 0 Å². The van der Waals surface area contributed by atoms with E-state index in [9.17, 15) is 13.6 Å². The SMILES string of the molecule is CCCCOC(=O)N1CC=C(c2cc(Cl)cc(-c3ccn(C(F)F)n3)n2)C1. The van der Waals surface area contributed by atoms with Crippen LogP contribution in [-0.2, 0) is 4.74 Å². The van der Waals surface area contributed by atoms with Gasteiger partial charge in [-0.1, -0.05) is 31.0 Å². The summed E-state index contributed by atoms with van der Waals surface area (Å²) < 4.78 is 31.2. The number of hydrogen-bond donors (Lipinski definition) is 0.